The van der Waals surface area contributed by atoms with E-state index in [-0.39, 0.29) is 5.95 Å². The summed E-state index contributed by atoms with van der Waals surface area (Å²) in [5.41, 5.74) is 13.5. The van der Waals surface area contributed by atoms with Gasteiger partial charge in [-0.25, -0.2) is 0 Å². The van der Waals surface area contributed by atoms with Crippen LogP contribution in [0.1, 0.15) is 11.1 Å². The number of nitrogen functional groups attached to an aromatic ring is 2. The van der Waals surface area contributed by atoms with Crippen LogP contribution in [0.5, 0.6) is 0 Å². The Balaban J connectivity index is 2.07. The van der Waals surface area contributed by atoms with Crippen LogP contribution >= 0.6 is 0 Å². The molecule has 0 aliphatic heterocycles. The zero-order chi connectivity index (χ0) is 12.3. The highest BCUT2D eigenvalue weighted by Gasteiger charge is 1.99. The molecular formula is C12H15N5. The number of hydrogen-bond donors (Lipinski definition) is 3. The average Bonchev–Trinajstić information content (AvgIpc) is 2.25. The highest BCUT2D eigenvalue weighted by molar-refractivity contribution is 5.48. The standard InChI is InChI=1S/C12H15N5/c1-8-3-2-4-9(5-8)7-15-11-6-10(13)16-12(14)17-11/h2-6H,7H2,1H3,(H5,13,14,15,16,17). The molecule has 0 amide bonds. The van der Waals surface area contributed by atoms with Crippen LogP contribution in [0.2, 0.25) is 0 Å². The molecule has 0 radical (unpaired) electrons. The first-order valence-electron chi connectivity index (χ1n) is 5.33. The maximum absolute atomic E-state index is 5.58. The number of aromatic nitrogens is 2. The van der Waals surface area contributed by atoms with E-state index in [0.717, 1.165) is 0 Å². The molecular weight excluding hydrogens is 214 g/mol. The molecule has 0 saturated carbocycles. The van der Waals surface area contributed by atoms with Crippen molar-refractivity contribution in [3.63, 3.8) is 0 Å². The van der Waals surface area contributed by atoms with Gasteiger partial charge in [-0.3, -0.25) is 0 Å². The van der Waals surface area contributed by atoms with Gasteiger partial charge >= 0.3 is 0 Å². The van der Waals surface area contributed by atoms with Crippen molar-refractivity contribution < 1.29 is 0 Å². The van der Waals surface area contributed by atoms with Crippen molar-refractivity contribution in [2.75, 3.05) is 16.8 Å². The van der Waals surface area contributed by atoms with Gasteiger partial charge in [0.05, 0.1) is 0 Å². The van der Waals surface area contributed by atoms with Gasteiger partial charge in [0, 0.05) is 12.6 Å². The molecule has 88 valence electrons. The Labute approximate surface area is 99.9 Å². The van der Waals surface area contributed by atoms with E-state index in [4.69, 9.17) is 11.5 Å². The van der Waals surface area contributed by atoms with Gasteiger partial charge in [-0.2, -0.15) is 9.97 Å². The van der Waals surface area contributed by atoms with Crippen LogP contribution < -0.4 is 16.8 Å². The summed E-state index contributed by atoms with van der Waals surface area (Å²) in [6.07, 6.45) is 0. The van der Waals surface area contributed by atoms with Gasteiger partial charge in [0.2, 0.25) is 5.95 Å². The van der Waals surface area contributed by atoms with E-state index >= 15 is 0 Å². The molecule has 5 heteroatoms. The van der Waals surface area contributed by atoms with Crippen molar-refractivity contribution in [2.45, 2.75) is 13.5 Å². The Morgan fingerprint density at radius 3 is 2.71 bits per heavy atom. The second-order valence-corrected chi connectivity index (χ2v) is 3.88. The van der Waals surface area contributed by atoms with E-state index < -0.39 is 0 Å². The number of anilines is 3. The number of benzene rings is 1. The van der Waals surface area contributed by atoms with Crippen LogP contribution in [0.25, 0.3) is 0 Å². The Kier molecular flexibility index (Phi) is 3.09. The van der Waals surface area contributed by atoms with Gasteiger partial charge < -0.3 is 16.8 Å². The fourth-order valence-electron chi connectivity index (χ4n) is 1.59. The summed E-state index contributed by atoms with van der Waals surface area (Å²) in [7, 11) is 0. The Morgan fingerprint density at radius 1 is 1.18 bits per heavy atom. The smallest absolute Gasteiger partial charge is 0.223 e. The Hall–Kier alpha value is -2.30. The summed E-state index contributed by atoms with van der Waals surface area (Å²) in [5, 5.41) is 3.16. The van der Waals surface area contributed by atoms with Crippen molar-refractivity contribution in [3.8, 4) is 0 Å². The molecule has 1 aromatic heterocycles. The molecule has 0 fully saturated rings. The van der Waals surface area contributed by atoms with Gasteiger partial charge in [-0.15, -0.1) is 0 Å². The van der Waals surface area contributed by atoms with Crippen molar-refractivity contribution in [1.82, 2.24) is 9.97 Å². The summed E-state index contributed by atoms with van der Waals surface area (Å²) < 4.78 is 0. The predicted octanol–water partition coefficient (Wildman–Crippen LogP) is 1.56. The minimum atomic E-state index is 0.178. The topological polar surface area (TPSA) is 89.8 Å². The average molecular weight is 229 g/mol. The molecule has 1 heterocycles. The third-order valence-corrected chi connectivity index (χ3v) is 2.32. The molecule has 2 aromatic rings. The highest BCUT2D eigenvalue weighted by atomic mass is 15.1. The SMILES string of the molecule is Cc1cccc(CNc2cc(N)nc(N)n2)c1. The van der Waals surface area contributed by atoms with E-state index in [9.17, 15) is 0 Å². The lowest BCUT2D eigenvalue weighted by Gasteiger charge is -2.07. The molecule has 17 heavy (non-hydrogen) atoms. The largest absolute Gasteiger partial charge is 0.383 e. The summed E-state index contributed by atoms with van der Waals surface area (Å²) in [6, 6.07) is 9.90. The molecule has 0 saturated heterocycles. The molecule has 0 atom stereocenters. The second kappa shape index (κ2) is 4.69. The van der Waals surface area contributed by atoms with Gasteiger partial charge in [-0.1, -0.05) is 29.8 Å². The molecule has 0 spiro atoms. The molecule has 2 rings (SSSR count). The summed E-state index contributed by atoms with van der Waals surface area (Å²) in [6.45, 7) is 2.74. The lowest BCUT2D eigenvalue weighted by atomic mass is 10.1. The minimum absolute atomic E-state index is 0.178. The number of nitrogens with zero attached hydrogens (tertiary/aromatic N) is 2. The molecule has 0 bridgehead atoms. The Bertz CT molecular complexity index is 504. The first-order chi connectivity index (χ1) is 8.13. The van der Waals surface area contributed by atoms with Crippen LogP contribution in [0, 0.1) is 6.92 Å². The lowest BCUT2D eigenvalue weighted by Crippen LogP contribution is -2.06. The maximum atomic E-state index is 5.58. The third-order valence-electron chi connectivity index (χ3n) is 2.32. The minimum Gasteiger partial charge on any atom is -0.383 e. The van der Waals surface area contributed by atoms with Crippen molar-refractivity contribution in [3.05, 3.63) is 41.5 Å². The number of rotatable bonds is 3. The van der Waals surface area contributed by atoms with Crippen molar-refractivity contribution in [1.29, 1.82) is 0 Å². The number of hydrogen-bond acceptors (Lipinski definition) is 5. The highest BCUT2D eigenvalue weighted by Crippen LogP contribution is 2.11. The molecule has 0 aliphatic rings. The van der Waals surface area contributed by atoms with Crippen molar-refractivity contribution in [2.24, 2.45) is 0 Å². The fraction of sp³-hybridized carbons (Fsp3) is 0.167. The lowest BCUT2D eigenvalue weighted by molar-refractivity contribution is 1.09. The van der Waals surface area contributed by atoms with Gasteiger partial charge in [0.1, 0.15) is 11.6 Å². The zero-order valence-electron chi connectivity index (χ0n) is 9.64. The normalized spacial score (nSPS) is 10.2. The van der Waals surface area contributed by atoms with Gasteiger partial charge in [-0.05, 0) is 12.5 Å². The first kappa shape index (κ1) is 11.2. The summed E-state index contributed by atoms with van der Waals surface area (Å²) in [4.78, 5) is 7.85. The molecule has 1 aromatic carbocycles. The van der Waals surface area contributed by atoms with Crippen LogP contribution in [0.4, 0.5) is 17.6 Å². The van der Waals surface area contributed by atoms with E-state index in [1.54, 1.807) is 6.07 Å². The number of aryl methyl sites for hydroxylation is 1. The molecule has 0 aliphatic carbocycles. The van der Waals surface area contributed by atoms with E-state index in [2.05, 4.69) is 34.3 Å². The predicted molar refractivity (Wildman–Crippen MR) is 69.4 cm³/mol. The summed E-state index contributed by atoms with van der Waals surface area (Å²) >= 11 is 0. The fourth-order valence-corrected chi connectivity index (χ4v) is 1.59. The van der Waals surface area contributed by atoms with E-state index in [0.29, 0.717) is 18.2 Å². The van der Waals surface area contributed by atoms with Crippen molar-refractivity contribution >= 4 is 17.6 Å². The molecule has 0 unspecified atom stereocenters. The maximum Gasteiger partial charge on any atom is 0.223 e. The van der Waals surface area contributed by atoms with Crippen LogP contribution in [0.3, 0.4) is 0 Å². The van der Waals surface area contributed by atoms with Gasteiger partial charge in [0.25, 0.3) is 0 Å². The van der Waals surface area contributed by atoms with Crippen LogP contribution in [0.15, 0.2) is 30.3 Å². The quantitative estimate of drug-likeness (QED) is 0.743. The third kappa shape index (κ3) is 3.07. The van der Waals surface area contributed by atoms with E-state index in [1.807, 2.05) is 12.1 Å². The molecule has 5 nitrogen and oxygen atoms in total. The zero-order valence-corrected chi connectivity index (χ0v) is 9.64. The molecule has 5 N–H and O–H groups in total. The van der Waals surface area contributed by atoms with Crippen LogP contribution in [-0.4, -0.2) is 9.97 Å². The summed E-state index contributed by atoms with van der Waals surface area (Å²) in [5.74, 6) is 1.18. The van der Waals surface area contributed by atoms with E-state index in [1.165, 1.54) is 11.1 Å². The monoisotopic (exact) mass is 229 g/mol. The Morgan fingerprint density at radius 2 is 2.00 bits per heavy atom. The number of nitrogens with one attached hydrogen (secondary N) is 1. The van der Waals surface area contributed by atoms with Crippen LogP contribution in [-0.2, 0) is 6.54 Å². The first-order valence-corrected chi connectivity index (χ1v) is 5.33. The number of nitrogens with two attached hydrogens (primary N) is 2. The van der Waals surface area contributed by atoms with Gasteiger partial charge in [0.15, 0.2) is 0 Å². The second-order valence-electron chi connectivity index (χ2n) is 3.88.